The number of hydrogen-bond acceptors (Lipinski definition) is 5. The summed E-state index contributed by atoms with van der Waals surface area (Å²) in [5.74, 6) is 0.248. The largest absolute Gasteiger partial charge is 0.338 e. The highest BCUT2D eigenvalue weighted by molar-refractivity contribution is 7.99. The van der Waals surface area contributed by atoms with Crippen LogP contribution in [0.5, 0.6) is 0 Å². The molecular weight excluding hydrogens is 342 g/mol. The second kappa shape index (κ2) is 8.30. The molecule has 2 heterocycles. The molecule has 0 saturated heterocycles. The Morgan fingerprint density at radius 2 is 2.29 bits per heavy atom. The molecule has 0 aliphatic carbocycles. The van der Waals surface area contributed by atoms with E-state index in [1.165, 1.54) is 23.1 Å². The SMILES string of the molecule is C=CCn1c(SCC(=O)N(CC)CC(=C)C)nc2sccc2c1=O. The standard InChI is InChI=1S/C17H21N3O2S2/c1-5-8-20-16(22)13-7-9-23-15(13)18-17(20)24-11-14(21)19(6-2)10-12(3)4/h5,7,9H,1,3,6,8,10-11H2,2,4H3. The van der Waals surface area contributed by atoms with Gasteiger partial charge in [0.1, 0.15) is 4.83 Å². The van der Waals surface area contributed by atoms with Gasteiger partial charge in [0.2, 0.25) is 5.91 Å². The summed E-state index contributed by atoms with van der Waals surface area (Å²) in [6.45, 7) is 12.9. The van der Waals surface area contributed by atoms with E-state index in [0.717, 1.165) is 5.57 Å². The Hall–Kier alpha value is -1.86. The van der Waals surface area contributed by atoms with Crippen molar-refractivity contribution in [2.24, 2.45) is 0 Å². The number of aromatic nitrogens is 2. The number of likely N-dealkylation sites (N-methyl/N-ethyl adjacent to an activating group) is 1. The lowest BCUT2D eigenvalue weighted by Gasteiger charge is -2.21. The van der Waals surface area contributed by atoms with E-state index in [2.05, 4.69) is 18.1 Å². The molecule has 0 N–H and O–H groups in total. The first-order valence-electron chi connectivity index (χ1n) is 7.61. The molecule has 0 saturated carbocycles. The van der Waals surface area contributed by atoms with Gasteiger partial charge in [0.05, 0.1) is 11.1 Å². The molecular formula is C17H21N3O2S2. The first-order valence-corrected chi connectivity index (χ1v) is 9.48. The molecule has 0 aromatic carbocycles. The molecule has 2 rings (SSSR count). The van der Waals surface area contributed by atoms with Crippen molar-refractivity contribution in [2.75, 3.05) is 18.8 Å². The van der Waals surface area contributed by atoms with Crippen molar-refractivity contribution >= 4 is 39.2 Å². The van der Waals surface area contributed by atoms with Crippen LogP contribution < -0.4 is 5.56 Å². The second-order valence-corrected chi connectivity index (χ2v) is 7.23. The van der Waals surface area contributed by atoms with Crippen molar-refractivity contribution in [1.82, 2.24) is 14.5 Å². The average molecular weight is 364 g/mol. The van der Waals surface area contributed by atoms with Gasteiger partial charge in [-0.15, -0.1) is 17.9 Å². The van der Waals surface area contributed by atoms with Crippen LogP contribution in [-0.4, -0.2) is 39.2 Å². The van der Waals surface area contributed by atoms with Crippen molar-refractivity contribution in [3.8, 4) is 0 Å². The number of carbonyl (C=O) groups is 1. The van der Waals surface area contributed by atoms with E-state index in [1.54, 1.807) is 21.6 Å². The van der Waals surface area contributed by atoms with E-state index < -0.39 is 0 Å². The quantitative estimate of drug-likeness (QED) is 0.411. The van der Waals surface area contributed by atoms with Gasteiger partial charge < -0.3 is 4.90 Å². The van der Waals surface area contributed by atoms with Gasteiger partial charge in [-0.2, -0.15) is 0 Å². The maximum absolute atomic E-state index is 12.5. The molecule has 0 aliphatic rings. The summed E-state index contributed by atoms with van der Waals surface area (Å²) in [6.07, 6.45) is 1.66. The van der Waals surface area contributed by atoms with Crippen LogP contribution >= 0.6 is 23.1 Å². The second-order valence-electron chi connectivity index (χ2n) is 5.39. The van der Waals surface area contributed by atoms with Gasteiger partial charge in [-0.3, -0.25) is 14.2 Å². The minimum absolute atomic E-state index is 0.0104. The fourth-order valence-corrected chi connectivity index (χ4v) is 3.97. The Labute approximate surface area is 149 Å². The molecule has 0 bridgehead atoms. The number of thioether (sulfide) groups is 1. The summed E-state index contributed by atoms with van der Waals surface area (Å²) < 4.78 is 1.56. The molecule has 5 nitrogen and oxygen atoms in total. The zero-order chi connectivity index (χ0) is 17.7. The van der Waals surface area contributed by atoms with E-state index in [0.29, 0.717) is 35.0 Å². The predicted molar refractivity (Wildman–Crippen MR) is 102 cm³/mol. The summed E-state index contributed by atoms with van der Waals surface area (Å²) in [6, 6.07) is 1.78. The summed E-state index contributed by atoms with van der Waals surface area (Å²) >= 11 is 2.71. The highest BCUT2D eigenvalue weighted by Crippen LogP contribution is 2.21. The van der Waals surface area contributed by atoms with Crippen LogP contribution in [0.15, 0.2) is 46.2 Å². The first-order chi connectivity index (χ1) is 11.5. The van der Waals surface area contributed by atoms with E-state index in [-0.39, 0.29) is 17.2 Å². The summed E-state index contributed by atoms with van der Waals surface area (Å²) in [4.78, 5) is 31.9. The average Bonchev–Trinajstić information content (AvgIpc) is 3.01. The number of nitrogens with zero attached hydrogens (tertiary/aromatic N) is 3. The predicted octanol–water partition coefficient (Wildman–Crippen LogP) is 3.16. The maximum Gasteiger partial charge on any atom is 0.263 e. The number of carbonyl (C=O) groups excluding carboxylic acids is 1. The molecule has 2 aromatic heterocycles. The minimum Gasteiger partial charge on any atom is -0.338 e. The van der Waals surface area contributed by atoms with Gasteiger partial charge >= 0.3 is 0 Å². The molecule has 0 atom stereocenters. The van der Waals surface area contributed by atoms with Crippen molar-refractivity contribution in [3.05, 3.63) is 46.6 Å². The lowest BCUT2D eigenvalue weighted by atomic mass is 10.3. The maximum atomic E-state index is 12.5. The number of thiophene rings is 1. The summed E-state index contributed by atoms with van der Waals surface area (Å²) in [5.41, 5.74) is 0.849. The molecule has 128 valence electrons. The third-order valence-corrected chi connectivity index (χ3v) is 5.15. The Morgan fingerprint density at radius 1 is 1.54 bits per heavy atom. The molecule has 2 aromatic rings. The first kappa shape index (κ1) is 18.5. The van der Waals surface area contributed by atoms with Gasteiger partial charge in [0.25, 0.3) is 5.56 Å². The van der Waals surface area contributed by atoms with Crippen LogP contribution in [0.3, 0.4) is 0 Å². The van der Waals surface area contributed by atoms with Crippen LogP contribution in [-0.2, 0) is 11.3 Å². The molecule has 0 spiro atoms. The van der Waals surface area contributed by atoms with Crippen LogP contribution in [0.4, 0.5) is 0 Å². The highest BCUT2D eigenvalue weighted by Gasteiger charge is 2.16. The Morgan fingerprint density at radius 3 is 2.92 bits per heavy atom. The smallest absolute Gasteiger partial charge is 0.263 e. The Bertz CT molecular complexity index is 823. The van der Waals surface area contributed by atoms with Crippen molar-refractivity contribution in [1.29, 1.82) is 0 Å². The van der Waals surface area contributed by atoms with E-state index >= 15 is 0 Å². The lowest BCUT2D eigenvalue weighted by Crippen LogP contribution is -2.33. The monoisotopic (exact) mass is 363 g/mol. The number of allylic oxidation sites excluding steroid dienone is 1. The van der Waals surface area contributed by atoms with E-state index in [4.69, 9.17) is 0 Å². The minimum atomic E-state index is -0.0922. The molecule has 0 aliphatic heterocycles. The molecule has 0 radical (unpaired) electrons. The van der Waals surface area contributed by atoms with Crippen LogP contribution in [0.1, 0.15) is 13.8 Å². The van der Waals surface area contributed by atoms with Crippen molar-refractivity contribution in [3.63, 3.8) is 0 Å². The highest BCUT2D eigenvalue weighted by atomic mass is 32.2. The summed E-state index contributed by atoms with van der Waals surface area (Å²) in [5, 5.41) is 3.01. The lowest BCUT2D eigenvalue weighted by molar-refractivity contribution is -0.127. The zero-order valence-corrected chi connectivity index (χ0v) is 15.6. The third kappa shape index (κ3) is 4.15. The Balaban J connectivity index is 2.24. The summed E-state index contributed by atoms with van der Waals surface area (Å²) in [7, 11) is 0. The van der Waals surface area contributed by atoms with Gasteiger partial charge in [-0.25, -0.2) is 4.98 Å². The van der Waals surface area contributed by atoms with Gasteiger partial charge in [0, 0.05) is 19.6 Å². The Kier molecular flexibility index (Phi) is 6.39. The van der Waals surface area contributed by atoms with E-state index in [1.807, 2.05) is 19.2 Å². The topological polar surface area (TPSA) is 55.2 Å². The zero-order valence-electron chi connectivity index (χ0n) is 13.9. The molecule has 0 fully saturated rings. The van der Waals surface area contributed by atoms with Crippen LogP contribution in [0.2, 0.25) is 0 Å². The number of hydrogen-bond donors (Lipinski definition) is 0. The van der Waals surface area contributed by atoms with Crippen LogP contribution in [0.25, 0.3) is 10.2 Å². The van der Waals surface area contributed by atoms with Gasteiger partial charge in [-0.1, -0.05) is 30.0 Å². The fourth-order valence-electron chi connectivity index (χ4n) is 2.25. The van der Waals surface area contributed by atoms with Gasteiger partial charge in [0.15, 0.2) is 5.16 Å². The normalized spacial score (nSPS) is 10.8. The third-order valence-electron chi connectivity index (χ3n) is 3.38. The van der Waals surface area contributed by atoms with Crippen molar-refractivity contribution < 1.29 is 4.79 Å². The number of amides is 1. The van der Waals surface area contributed by atoms with E-state index in [9.17, 15) is 9.59 Å². The van der Waals surface area contributed by atoms with Crippen molar-refractivity contribution in [2.45, 2.75) is 25.5 Å². The molecule has 0 unspecified atom stereocenters. The number of fused-ring (bicyclic) bond motifs is 1. The number of rotatable bonds is 8. The molecule has 1 amide bonds. The van der Waals surface area contributed by atoms with Crippen LogP contribution in [0, 0.1) is 0 Å². The molecule has 7 heteroatoms. The van der Waals surface area contributed by atoms with Gasteiger partial charge in [-0.05, 0) is 25.3 Å². The molecule has 24 heavy (non-hydrogen) atoms. The fraction of sp³-hybridized carbons (Fsp3) is 0.353.